The van der Waals surface area contributed by atoms with Gasteiger partial charge in [0, 0.05) is 10.6 Å². The van der Waals surface area contributed by atoms with Gasteiger partial charge in [-0.25, -0.2) is 0 Å². The fourth-order valence-electron chi connectivity index (χ4n) is 1.51. The van der Waals surface area contributed by atoms with Crippen LogP contribution in [0.3, 0.4) is 0 Å². The van der Waals surface area contributed by atoms with Crippen molar-refractivity contribution < 1.29 is 14.6 Å². The Morgan fingerprint density at radius 3 is 2.39 bits per heavy atom. The molecule has 1 aromatic carbocycles. The molecule has 0 aliphatic carbocycles. The number of aliphatic hydroxyl groups excluding tert-OH is 2. The predicted octanol–water partition coefficient (Wildman–Crippen LogP) is 2.52. The number of hydrogen-bond acceptors (Lipinski definition) is 4. The SMILES string of the molecule is N#CC(O)C(O)c1ccc(-c2ccc(Cl)cc2)o1. The van der Waals surface area contributed by atoms with Crippen LogP contribution in [0.15, 0.2) is 40.8 Å². The van der Waals surface area contributed by atoms with Crippen molar-refractivity contribution in [1.29, 1.82) is 5.26 Å². The van der Waals surface area contributed by atoms with Crippen LogP contribution in [-0.2, 0) is 0 Å². The zero-order valence-electron chi connectivity index (χ0n) is 9.25. The number of furan rings is 1. The first-order valence-corrected chi connectivity index (χ1v) is 5.61. The third-order valence-corrected chi connectivity index (χ3v) is 2.73. The van der Waals surface area contributed by atoms with Gasteiger partial charge in [-0.2, -0.15) is 5.26 Å². The fourth-order valence-corrected chi connectivity index (χ4v) is 1.63. The Morgan fingerprint density at radius 2 is 1.78 bits per heavy atom. The molecule has 0 fully saturated rings. The summed E-state index contributed by atoms with van der Waals surface area (Å²) >= 11 is 5.78. The van der Waals surface area contributed by atoms with Crippen molar-refractivity contribution in [3.05, 3.63) is 47.2 Å². The number of rotatable bonds is 3. The average molecular weight is 264 g/mol. The van der Waals surface area contributed by atoms with Gasteiger partial charge >= 0.3 is 0 Å². The van der Waals surface area contributed by atoms with Gasteiger partial charge in [0.15, 0.2) is 12.2 Å². The molecule has 2 N–H and O–H groups in total. The van der Waals surface area contributed by atoms with Crippen LogP contribution in [0.5, 0.6) is 0 Å². The average Bonchev–Trinajstić information content (AvgIpc) is 2.87. The van der Waals surface area contributed by atoms with Gasteiger partial charge in [0.05, 0.1) is 6.07 Å². The first-order chi connectivity index (χ1) is 8.61. The zero-order chi connectivity index (χ0) is 13.1. The van der Waals surface area contributed by atoms with E-state index in [2.05, 4.69) is 0 Å². The monoisotopic (exact) mass is 263 g/mol. The van der Waals surface area contributed by atoms with E-state index in [9.17, 15) is 10.2 Å². The molecule has 0 aliphatic heterocycles. The molecular weight excluding hydrogens is 254 g/mol. The van der Waals surface area contributed by atoms with Gasteiger partial charge in [-0.05, 0) is 36.4 Å². The van der Waals surface area contributed by atoms with Gasteiger partial charge in [0.2, 0.25) is 0 Å². The second kappa shape index (κ2) is 5.23. The lowest BCUT2D eigenvalue weighted by atomic mass is 10.1. The molecule has 0 saturated carbocycles. The largest absolute Gasteiger partial charge is 0.458 e. The molecule has 1 aromatic heterocycles. The van der Waals surface area contributed by atoms with Gasteiger partial charge in [-0.3, -0.25) is 0 Å². The Hall–Kier alpha value is -1.80. The second-order valence-corrected chi connectivity index (χ2v) is 4.16. The number of benzene rings is 1. The molecule has 2 rings (SSSR count). The van der Waals surface area contributed by atoms with Crippen molar-refractivity contribution in [2.24, 2.45) is 0 Å². The summed E-state index contributed by atoms with van der Waals surface area (Å²) in [6.45, 7) is 0. The van der Waals surface area contributed by atoms with Gasteiger partial charge in [-0.15, -0.1) is 0 Å². The molecule has 0 spiro atoms. The van der Waals surface area contributed by atoms with E-state index in [1.807, 2.05) is 0 Å². The van der Waals surface area contributed by atoms with E-state index in [0.717, 1.165) is 5.56 Å². The van der Waals surface area contributed by atoms with Gasteiger partial charge in [0.1, 0.15) is 11.5 Å². The summed E-state index contributed by atoms with van der Waals surface area (Å²) in [5, 5.41) is 27.9. The Labute approximate surface area is 109 Å². The van der Waals surface area contributed by atoms with Crippen molar-refractivity contribution in [1.82, 2.24) is 0 Å². The molecule has 0 bridgehead atoms. The van der Waals surface area contributed by atoms with Crippen LogP contribution in [0.4, 0.5) is 0 Å². The number of aliphatic hydroxyl groups is 2. The molecule has 0 saturated heterocycles. The normalized spacial score (nSPS) is 13.9. The molecule has 2 aromatic rings. The highest BCUT2D eigenvalue weighted by Crippen LogP contribution is 2.27. The number of hydrogen-bond donors (Lipinski definition) is 2. The van der Waals surface area contributed by atoms with Crippen LogP contribution < -0.4 is 0 Å². The van der Waals surface area contributed by atoms with Crippen molar-refractivity contribution in [2.45, 2.75) is 12.2 Å². The maximum atomic E-state index is 9.61. The van der Waals surface area contributed by atoms with Crippen molar-refractivity contribution in [3.8, 4) is 17.4 Å². The quantitative estimate of drug-likeness (QED) is 0.834. The van der Waals surface area contributed by atoms with Crippen LogP contribution in [0, 0.1) is 11.3 Å². The summed E-state index contributed by atoms with van der Waals surface area (Å²) in [5.74, 6) is 0.680. The van der Waals surface area contributed by atoms with Crippen LogP contribution in [0.1, 0.15) is 11.9 Å². The highest BCUT2D eigenvalue weighted by Gasteiger charge is 2.21. The molecule has 2 atom stereocenters. The summed E-state index contributed by atoms with van der Waals surface area (Å²) in [6.07, 6.45) is -2.86. The second-order valence-electron chi connectivity index (χ2n) is 3.73. The molecular formula is C13H10ClNO3. The van der Waals surface area contributed by atoms with Crippen LogP contribution >= 0.6 is 11.6 Å². The summed E-state index contributed by atoms with van der Waals surface area (Å²) in [6, 6.07) is 11.7. The van der Waals surface area contributed by atoms with Gasteiger partial charge < -0.3 is 14.6 Å². The lowest BCUT2D eigenvalue weighted by molar-refractivity contribution is 0.0381. The number of nitriles is 1. The molecule has 18 heavy (non-hydrogen) atoms. The van der Waals surface area contributed by atoms with E-state index in [1.54, 1.807) is 36.4 Å². The Bertz CT molecular complexity index is 571. The predicted molar refractivity (Wildman–Crippen MR) is 65.7 cm³/mol. The third kappa shape index (κ3) is 2.54. The summed E-state index contributed by atoms with van der Waals surface area (Å²) in [4.78, 5) is 0. The molecule has 0 radical (unpaired) electrons. The summed E-state index contributed by atoms with van der Waals surface area (Å²) in [5.41, 5.74) is 0.796. The lowest BCUT2D eigenvalue weighted by Crippen LogP contribution is -2.14. The minimum atomic E-state index is -1.51. The Kier molecular flexibility index (Phi) is 3.68. The fraction of sp³-hybridized carbons (Fsp3) is 0.154. The van der Waals surface area contributed by atoms with Crippen molar-refractivity contribution in [2.75, 3.05) is 0 Å². The zero-order valence-corrected chi connectivity index (χ0v) is 10.0. The van der Waals surface area contributed by atoms with Crippen molar-refractivity contribution >= 4 is 11.6 Å². The van der Waals surface area contributed by atoms with E-state index in [0.29, 0.717) is 10.8 Å². The standard InChI is InChI=1S/C13H10ClNO3/c14-9-3-1-8(2-4-9)11-5-6-12(18-11)13(17)10(16)7-15/h1-6,10,13,16-17H. The molecule has 92 valence electrons. The highest BCUT2D eigenvalue weighted by atomic mass is 35.5. The minimum absolute atomic E-state index is 0.147. The Morgan fingerprint density at radius 1 is 1.11 bits per heavy atom. The van der Waals surface area contributed by atoms with E-state index in [1.165, 1.54) is 6.07 Å². The van der Waals surface area contributed by atoms with E-state index < -0.39 is 12.2 Å². The summed E-state index contributed by atoms with van der Waals surface area (Å²) < 4.78 is 5.39. The smallest absolute Gasteiger partial charge is 0.173 e. The number of halogens is 1. The van der Waals surface area contributed by atoms with Gasteiger partial charge in [-0.1, -0.05) is 11.6 Å². The van der Waals surface area contributed by atoms with Gasteiger partial charge in [0.25, 0.3) is 0 Å². The third-order valence-electron chi connectivity index (χ3n) is 2.48. The molecule has 1 heterocycles. The Balaban J connectivity index is 2.26. The topological polar surface area (TPSA) is 77.4 Å². The first-order valence-electron chi connectivity index (χ1n) is 5.23. The molecule has 0 amide bonds. The van der Waals surface area contributed by atoms with E-state index >= 15 is 0 Å². The molecule has 2 unspecified atom stereocenters. The first kappa shape index (κ1) is 12.7. The number of nitrogens with zero attached hydrogens (tertiary/aromatic N) is 1. The van der Waals surface area contributed by atoms with Crippen LogP contribution in [0.25, 0.3) is 11.3 Å². The van der Waals surface area contributed by atoms with E-state index in [4.69, 9.17) is 21.3 Å². The van der Waals surface area contributed by atoms with Crippen molar-refractivity contribution in [3.63, 3.8) is 0 Å². The lowest BCUT2D eigenvalue weighted by Gasteiger charge is -2.07. The van der Waals surface area contributed by atoms with E-state index in [-0.39, 0.29) is 5.76 Å². The highest BCUT2D eigenvalue weighted by molar-refractivity contribution is 6.30. The molecule has 5 heteroatoms. The summed E-state index contributed by atoms with van der Waals surface area (Å²) in [7, 11) is 0. The molecule has 4 nitrogen and oxygen atoms in total. The van der Waals surface area contributed by atoms with Crippen LogP contribution in [0.2, 0.25) is 5.02 Å². The molecule has 0 aliphatic rings. The maximum Gasteiger partial charge on any atom is 0.173 e. The maximum absolute atomic E-state index is 9.61. The minimum Gasteiger partial charge on any atom is -0.458 e. The van der Waals surface area contributed by atoms with Crippen LogP contribution in [-0.4, -0.2) is 16.3 Å².